The van der Waals surface area contributed by atoms with Crippen LogP contribution in [-0.4, -0.2) is 42.5 Å². The standard InChI is InChI=1S/C25H35N3O3/c1-7-8-9-10-18(4)21(17(2)3)15-24(29)26-16-20(28(5)6)13-19-11-12-22-23(14-19)31-25(30)27-22/h7-12,14,17,20-21H,4,13,15-16H2,1-3,5-6H3,(H,26,29)(H,27,30)/b8-7-,10-9-/t20-,21+/m0/s1. The Kier molecular flexibility index (Phi) is 9.06. The van der Waals surface area contributed by atoms with Crippen molar-refractivity contribution in [3.05, 3.63) is 70.8 Å². The maximum Gasteiger partial charge on any atom is 0.417 e. The SMILES string of the molecule is C=C(/C=C\C=C/C)[C@H](CC(=O)NC[C@H](Cc1ccc2[nH]c(=O)oc2c1)N(C)C)C(C)C. The van der Waals surface area contributed by atoms with E-state index in [-0.39, 0.29) is 17.9 Å². The van der Waals surface area contributed by atoms with E-state index in [1.165, 1.54) is 0 Å². The van der Waals surface area contributed by atoms with E-state index >= 15 is 0 Å². The predicted octanol–water partition coefficient (Wildman–Crippen LogP) is 4.06. The first kappa shape index (κ1) is 24.4. The minimum Gasteiger partial charge on any atom is -0.408 e. The highest BCUT2D eigenvalue weighted by molar-refractivity contribution is 5.76. The second-order valence-corrected chi connectivity index (χ2v) is 8.49. The normalized spacial score (nSPS) is 14.2. The van der Waals surface area contributed by atoms with Crippen LogP contribution in [-0.2, 0) is 11.2 Å². The summed E-state index contributed by atoms with van der Waals surface area (Å²) in [6, 6.07) is 5.81. The Morgan fingerprint density at radius 2 is 2.03 bits per heavy atom. The molecule has 2 N–H and O–H groups in total. The van der Waals surface area contributed by atoms with E-state index < -0.39 is 5.76 Å². The van der Waals surface area contributed by atoms with Gasteiger partial charge in [-0.15, -0.1) is 0 Å². The van der Waals surface area contributed by atoms with Gasteiger partial charge in [0.15, 0.2) is 5.58 Å². The second-order valence-electron chi connectivity index (χ2n) is 8.49. The number of carbonyl (C=O) groups is 1. The van der Waals surface area contributed by atoms with Crippen molar-refractivity contribution in [2.75, 3.05) is 20.6 Å². The van der Waals surface area contributed by atoms with Crippen molar-refractivity contribution in [2.45, 2.75) is 39.7 Å². The smallest absolute Gasteiger partial charge is 0.408 e. The third-order valence-corrected chi connectivity index (χ3v) is 5.52. The topological polar surface area (TPSA) is 78.3 Å². The zero-order valence-electron chi connectivity index (χ0n) is 19.3. The highest BCUT2D eigenvalue weighted by Crippen LogP contribution is 2.24. The monoisotopic (exact) mass is 425 g/mol. The number of oxazole rings is 1. The summed E-state index contributed by atoms with van der Waals surface area (Å²) in [5, 5.41) is 3.09. The summed E-state index contributed by atoms with van der Waals surface area (Å²) in [4.78, 5) is 28.8. The summed E-state index contributed by atoms with van der Waals surface area (Å²) >= 11 is 0. The molecule has 0 aliphatic rings. The Hall–Kier alpha value is -2.86. The number of benzene rings is 1. The molecule has 0 spiro atoms. The molecule has 1 aromatic carbocycles. The van der Waals surface area contributed by atoms with Crippen LogP contribution in [0.2, 0.25) is 0 Å². The molecule has 6 heteroatoms. The molecule has 1 heterocycles. The fourth-order valence-electron chi connectivity index (χ4n) is 3.54. The lowest BCUT2D eigenvalue weighted by atomic mass is 9.85. The van der Waals surface area contributed by atoms with E-state index in [4.69, 9.17) is 4.42 Å². The van der Waals surface area contributed by atoms with Gasteiger partial charge in [0.05, 0.1) is 5.52 Å². The molecule has 1 aromatic heterocycles. The summed E-state index contributed by atoms with van der Waals surface area (Å²) in [5.41, 5.74) is 3.25. The van der Waals surface area contributed by atoms with Crippen molar-refractivity contribution in [1.82, 2.24) is 15.2 Å². The maximum absolute atomic E-state index is 12.7. The van der Waals surface area contributed by atoms with Gasteiger partial charge in [0.25, 0.3) is 0 Å². The van der Waals surface area contributed by atoms with Crippen molar-refractivity contribution in [3.63, 3.8) is 0 Å². The third-order valence-electron chi connectivity index (χ3n) is 5.52. The molecule has 168 valence electrons. The van der Waals surface area contributed by atoms with Crippen LogP contribution in [0.25, 0.3) is 11.1 Å². The van der Waals surface area contributed by atoms with Gasteiger partial charge < -0.3 is 14.6 Å². The number of fused-ring (bicyclic) bond motifs is 1. The fraction of sp³-hybridized carbons (Fsp3) is 0.440. The van der Waals surface area contributed by atoms with Crippen molar-refractivity contribution in [1.29, 1.82) is 0 Å². The number of nitrogens with one attached hydrogen (secondary N) is 2. The highest BCUT2D eigenvalue weighted by atomic mass is 16.4. The molecule has 0 aliphatic carbocycles. The molecule has 0 bridgehead atoms. The molecule has 0 fully saturated rings. The number of aromatic nitrogens is 1. The summed E-state index contributed by atoms with van der Waals surface area (Å²) < 4.78 is 5.16. The van der Waals surface area contributed by atoms with Gasteiger partial charge in [0, 0.05) is 19.0 Å². The predicted molar refractivity (Wildman–Crippen MR) is 127 cm³/mol. The Morgan fingerprint density at radius 1 is 1.29 bits per heavy atom. The van der Waals surface area contributed by atoms with Crippen LogP contribution in [0, 0.1) is 11.8 Å². The van der Waals surface area contributed by atoms with Crippen LogP contribution in [0.15, 0.2) is 63.9 Å². The number of hydrogen-bond donors (Lipinski definition) is 2. The molecule has 0 unspecified atom stereocenters. The number of aromatic amines is 1. The Morgan fingerprint density at radius 3 is 2.68 bits per heavy atom. The van der Waals surface area contributed by atoms with E-state index in [0.29, 0.717) is 30.0 Å². The Balaban J connectivity index is 1.98. The van der Waals surface area contributed by atoms with Crippen LogP contribution in [0.1, 0.15) is 32.8 Å². The lowest BCUT2D eigenvalue weighted by Crippen LogP contribution is -2.42. The number of amides is 1. The molecular formula is C25H35N3O3. The number of nitrogens with zero attached hydrogens (tertiary/aromatic N) is 1. The van der Waals surface area contributed by atoms with Crippen molar-refractivity contribution in [3.8, 4) is 0 Å². The lowest BCUT2D eigenvalue weighted by Gasteiger charge is -2.26. The molecule has 0 saturated heterocycles. The van der Waals surface area contributed by atoms with Gasteiger partial charge in [-0.25, -0.2) is 4.79 Å². The van der Waals surface area contributed by atoms with Crippen LogP contribution in [0.4, 0.5) is 0 Å². The van der Waals surface area contributed by atoms with Gasteiger partial charge in [-0.3, -0.25) is 9.78 Å². The number of hydrogen-bond acceptors (Lipinski definition) is 4. The first-order valence-electron chi connectivity index (χ1n) is 10.7. The number of H-pyrrole nitrogens is 1. The number of rotatable bonds is 11. The zero-order valence-corrected chi connectivity index (χ0v) is 19.3. The number of allylic oxidation sites excluding steroid dienone is 5. The largest absolute Gasteiger partial charge is 0.417 e. The van der Waals surface area contributed by atoms with E-state index in [0.717, 1.165) is 17.6 Å². The first-order chi connectivity index (χ1) is 14.7. The van der Waals surface area contributed by atoms with Gasteiger partial charge in [0.2, 0.25) is 5.91 Å². The van der Waals surface area contributed by atoms with E-state index in [1.54, 1.807) is 0 Å². The van der Waals surface area contributed by atoms with E-state index in [9.17, 15) is 9.59 Å². The number of carbonyl (C=O) groups excluding carboxylic acids is 1. The molecule has 0 radical (unpaired) electrons. The zero-order chi connectivity index (χ0) is 23.0. The maximum atomic E-state index is 12.7. The molecule has 2 rings (SSSR count). The summed E-state index contributed by atoms with van der Waals surface area (Å²) in [6.07, 6.45) is 9.00. The second kappa shape index (κ2) is 11.5. The summed E-state index contributed by atoms with van der Waals surface area (Å²) in [6.45, 7) is 10.9. The molecule has 2 aromatic rings. The van der Waals surface area contributed by atoms with E-state index in [2.05, 4.69) is 35.6 Å². The molecule has 2 atom stereocenters. The molecule has 0 aliphatic heterocycles. The number of likely N-dealkylation sites (N-methyl/N-ethyl adjacent to an activating group) is 1. The Labute approximate surface area is 184 Å². The quantitative estimate of drug-likeness (QED) is 0.532. The van der Waals surface area contributed by atoms with Crippen molar-refractivity contribution < 1.29 is 9.21 Å². The molecule has 1 amide bonds. The third kappa shape index (κ3) is 7.40. The van der Waals surface area contributed by atoms with Crippen molar-refractivity contribution in [2.24, 2.45) is 11.8 Å². The molecular weight excluding hydrogens is 390 g/mol. The van der Waals surface area contributed by atoms with E-state index in [1.807, 2.05) is 63.5 Å². The molecule has 31 heavy (non-hydrogen) atoms. The van der Waals surface area contributed by atoms with Crippen LogP contribution >= 0.6 is 0 Å². The average molecular weight is 426 g/mol. The Bertz CT molecular complexity index is 995. The van der Waals surface area contributed by atoms with Gasteiger partial charge in [-0.1, -0.05) is 56.4 Å². The average Bonchev–Trinajstić information content (AvgIpc) is 3.08. The van der Waals surface area contributed by atoms with Gasteiger partial charge in [-0.2, -0.15) is 0 Å². The molecule has 6 nitrogen and oxygen atoms in total. The van der Waals surface area contributed by atoms with Crippen LogP contribution in [0.5, 0.6) is 0 Å². The highest BCUT2D eigenvalue weighted by Gasteiger charge is 2.21. The van der Waals surface area contributed by atoms with Crippen LogP contribution < -0.4 is 11.1 Å². The minimum absolute atomic E-state index is 0.0261. The fourth-order valence-corrected chi connectivity index (χ4v) is 3.54. The van der Waals surface area contributed by atoms with Gasteiger partial charge >= 0.3 is 5.76 Å². The summed E-state index contributed by atoms with van der Waals surface area (Å²) in [7, 11) is 3.99. The van der Waals surface area contributed by atoms with Crippen molar-refractivity contribution >= 4 is 17.0 Å². The molecule has 0 saturated carbocycles. The van der Waals surface area contributed by atoms with Gasteiger partial charge in [0.1, 0.15) is 0 Å². The lowest BCUT2D eigenvalue weighted by molar-refractivity contribution is -0.122. The minimum atomic E-state index is -0.453. The first-order valence-corrected chi connectivity index (χ1v) is 10.7. The van der Waals surface area contributed by atoms with Gasteiger partial charge in [-0.05, 0) is 57.0 Å². The van der Waals surface area contributed by atoms with Crippen LogP contribution in [0.3, 0.4) is 0 Å². The summed E-state index contributed by atoms with van der Waals surface area (Å²) in [5.74, 6) is -0.0114.